The number of carbonyl (C=O) groups is 1. The molecule has 3 atom stereocenters. The fourth-order valence-corrected chi connectivity index (χ4v) is 12.1. The molecule has 4 aliphatic heterocycles. The van der Waals surface area contributed by atoms with Gasteiger partial charge in [-0.15, -0.1) is 11.3 Å². The number of halogens is 3. The maximum atomic E-state index is 15.9. The van der Waals surface area contributed by atoms with Crippen LogP contribution in [0.15, 0.2) is 42.9 Å². The summed E-state index contributed by atoms with van der Waals surface area (Å²) in [6.07, 6.45) is 7.79. The number of hydrogen-bond acceptors (Lipinski definition) is 15. The van der Waals surface area contributed by atoms with Gasteiger partial charge in [0, 0.05) is 67.3 Å². The van der Waals surface area contributed by atoms with Crippen LogP contribution >= 0.6 is 34.5 Å². The van der Waals surface area contributed by atoms with Crippen LogP contribution in [0, 0.1) is 13.8 Å². The number of ether oxygens (including phenoxy) is 7. The number of allylic oxidation sites excluding steroid dienone is 2. The van der Waals surface area contributed by atoms with Crippen molar-refractivity contribution >= 4 is 56.3 Å². The molecule has 0 unspecified atom stereocenters. The van der Waals surface area contributed by atoms with E-state index in [0.717, 1.165) is 72.6 Å². The van der Waals surface area contributed by atoms with Crippen LogP contribution in [0.3, 0.4) is 0 Å². The number of fused-ring (bicyclic) bond motifs is 7. The smallest absolute Gasteiger partial charge is 0.345 e. The van der Waals surface area contributed by atoms with Crippen LogP contribution < -0.4 is 18.9 Å². The Balaban J connectivity index is 0.954. The number of aliphatic carboxylic acids is 1. The molecule has 0 spiro atoms. The third-order valence-electron chi connectivity index (χ3n) is 14.5. The van der Waals surface area contributed by atoms with E-state index in [4.69, 9.17) is 66.3 Å². The molecule has 0 amide bonds. The van der Waals surface area contributed by atoms with E-state index >= 15 is 4.39 Å². The van der Waals surface area contributed by atoms with E-state index in [2.05, 4.69) is 32.9 Å². The van der Waals surface area contributed by atoms with Gasteiger partial charge in [-0.2, -0.15) is 0 Å². The van der Waals surface area contributed by atoms with Gasteiger partial charge >= 0.3 is 5.97 Å². The lowest BCUT2D eigenvalue weighted by Gasteiger charge is -2.35. The van der Waals surface area contributed by atoms with Crippen LogP contribution in [0.4, 0.5) is 4.39 Å². The maximum Gasteiger partial charge on any atom is 0.345 e. The first-order chi connectivity index (χ1) is 34.9. The zero-order valence-electron chi connectivity index (χ0n) is 40.9. The molecule has 3 fully saturated rings. The van der Waals surface area contributed by atoms with Gasteiger partial charge in [-0.3, -0.25) is 4.90 Å². The van der Waals surface area contributed by atoms with E-state index in [0.29, 0.717) is 113 Å². The summed E-state index contributed by atoms with van der Waals surface area (Å²) < 4.78 is 59.2. The fourth-order valence-electron chi connectivity index (χ4n) is 10.4. The molecule has 0 radical (unpaired) electrons. The minimum absolute atomic E-state index is 0.00812. The summed E-state index contributed by atoms with van der Waals surface area (Å²) in [7, 11) is 2.12. The van der Waals surface area contributed by atoms with Crippen LogP contribution in [0.25, 0.3) is 26.9 Å². The summed E-state index contributed by atoms with van der Waals surface area (Å²) >= 11 is 16.3. The quantitative estimate of drug-likeness (QED) is 0.126. The molecule has 11 rings (SSSR count). The lowest BCUT2D eigenvalue weighted by atomic mass is 9.80. The van der Waals surface area contributed by atoms with Gasteiger partial charge < -0.3 is 43.2 Å². The number of nitrogens with zero attached hydrogens (tertiary/aromatic N) is 6. The topological polar surface area (TPSA) is 160 Å². The van der Waals surface area contributed by atoms with E-state index in [1.54, 1.807) is 30.5 Å². The minimum Gasteiger partial charge on any atom is -0.490 e. The molecule has 15 nitrogen and oxygen atoms in total. The zero-order valence-corrected chi connectivity index (χ0v) is 43.3. The van der Waals surface area contributed by atoms with Crippen molar-refractivity contribution in [3.8, 4) is 34.3 Å². The van der Waals surface area contributed by atoms with Gasteiger partial charge in [-0.25, -0.2) is 29.1 Å². The number of carboxylic acid groups (broad SMARTS) is 1. The van der Waals surface area contributed by atoms with Gasteiger partial charge in [0.15, 0.2) is 5.75 Å². The minimum atomic E-state index is -1.43. The van der Waals surface area contributed by atoms with Crippen molar-refractivity contribution in [2.75, 3.05) is 79.4 Å². The largest absolute Gasteiger partial charge is 0.490 e. The van der Waals surface area contributed by atoms with E-state index in [-0.39, 0.29) is 44.1 Å². The molecule has 1 saturated carbocycles. The van der Waals surface area contributed by atoms with Crippen molar-refractivity contribution < 1.29 is 47.4 Å². The number of benzene rings is 2. The molecule has 2 aromatic carbocycles. The molecule has 1 N–H and O–H groups in total. The van der Waals surface area contributed by atoms with Gasteiger partial charge in [0.05, 0.1) is 54.2 Å². The fraction of sp³-hybridized carbons (Fsp3) is 0.528. The molecule has 5 aromatic rings. The van der Waals surface area contributed by atoms with E-state index < -0.39 is 23.8 Å². The predicted octanol–water partition coefficient (Wildman–Crippen LogP) is 9.48. The van der Waals surface area contributed by atoms with Gasteiger partial charge in [-0.05, 0) is 112 Å². The number of rotatable bonds is 12. The summed E-state index contributed by atoms with van der Waals surface area (Å²) in [5, 5.41) is 12.3. The van der Waals surface area contributed by atoms with Gasteiger partial charge in [0.1, 0.15) is 59.6 Å². The van der Waals surface area contributed by atoms with Gasteiger partial charge in [0.2, 0.25) is 12.0 Å². The average Bonchev–Trinajstić information content (AvgIpc) is 4.06. The number of likely N-dealkylation sites (N-methyl/N-ethyl adjacent to an activating group) is 1. The molecule has 6 aliphatic rings. The molecule has 4 bridgehead atoms. The van der Waals surface area contributed by atoms with Crippen molar-refractivity contribution in [1.29, 1.82) is 0 Å². The highest BCUT2D eigenvalue weighted by Crippen LogP contribution is 2.53. The molecule has 7 heterocycles. The SMILES string of the molecule is Cc1c(Cl)c2c(Cl)c(C)c1-c1c(C3=CCCC3)sc3ncnc(c13)O[C@@H](C(=O)O)Cc1cc(ccc1OCc1ccnc(C3CCC(F)(COC[C@@H]4COCCO4)CC3)n1)OC[C@@H](CN1CCN(C)CC1)O2. The summed E-state index contributed by atoms with van der Waals surface area (Å²) in [5.41, 5.74) is 3.99. The molecule has 384 valence electrons. The Morgan fingerprint density at radius 3 is 2.53 bits per heavy atom. The molecular weight excluding hydrogens is 987 g/mol. The normalized spacial score (nSPS) is 24.3. The highest BCUT2D eigenvalue weighted by molar-refractivity contribution is 7.20. The second-order valence-electron chi connectivity index (χ2n) is 19.6. The second-order valence-corrected chi connectivity index (χ2v) is 21.4. The Hall–Kier alpha value is -4.72. The second kappa shape index (κ2) is 22.4. The Bertz CT molecular complexity index is 2770. The Labute approximate surface area is 432 Å². The number of alkyl halides is 1. The third kappa shape index (κ3) is 11.3. The van der Waals surface area contributed by atoms with Crippen molar-refractivity contribution in [1.82, 2.24) is 29.7 Å². The summed E-state index contributed by atoms with van der Waals surface area (Å²) in [4.78, 5) is 38.5. The lowest BCUT2D eigenvalue weighted by molar-refractivity contribution is -0.145. The van der Waals surface area contributed by atoms with Crippen molar-refractivity contribution in [2.45, 2.75) is 102 Å². The van der Waals surface area contributed by atoms with Crippen LogP contribution in [0.2, 0.25) is 10.0 Å². The van der Waals surface area contributed by atoms with E-state index in [9.17, 15) is 9.90 Å². The number of thiophene rings is 1. The first-order valence-electron chi connectivity index (χ1n) is 25.0. The number of carboxylic acids is 1. The standard InChI is InChI=1S/C53H61Cl2FN6O9S/c1-31-42-32(2)46(55)47(45(31)54)70-38(24-62-18-16-61(3)17-19-62)28-68-37-8-9-40(35(22-37)23-41(52(63)64)71-50-44-43(42)48(33-6-4-5-7-33)72-51(44)59-30-58-50)69-25-36-12-15-57-49(60-36)34-10-13-53(56,14-11-34)29-66-27-39-26-65-20-21-67-39/h6,8-9,12,15,22,30,34,38-39,41H,4-5,7,10-11,13-14,16-21,23-29H2,1-3H3,(H,63,64)/t34?,38-,39+,41-,53?/m1/s1. The number of hydrogen-bond donors (Lipinski definition) is 1. The molecule has 3 aromatic heterocycles. The molecular formula is C53H61Cl2FN6O9S. The summed E-state index contributed by atoms with van der Waals surface area (Å²) in [6, 6.07) is 7.14. The average molecular weight is 1050 g/mol. The summed E-state index contributed by atoms with van der Waals surface area (Å²) in [6.45, 7) is 10.0. The van der Waals surface area contributed by atoms with Crippen molar-refractivity contribution in [2.24, 2.45) is 0 Å². The Morgan fingerprint density at radius 1 is 0.986 bits per heavy atom. The first-order valence-corrected chi connectivity index (χ1v) is 26.6. The van der Waals surface area contributed by atoms with Crippen molar-refractivity contribution in [3.05, 3.63) is 86.0 Å². The Morgan fingerprint density at radius 2 is 1.79 bits per heavy atom. The number of piperazine rings is 1. The van der Waals surface area contributed by atoms with Gasteiger partial charge in [0.25, 0.3) is 0 Å². The number of aromatic nitrogens is 4. The molecule has 2 saturated heterocycles. The lowest BCUT2D eigenvalue weighted by Crippen LogP contribution is -2.49. The monoisotopic (exact) mass is 1050 g/mol. The third-order valence-corrected chi connectivity index (χ3v) is 16.6. The molecule has 2 aliphatic carbocycles. The van der Waals surface area contributed by atoms with Gasteiger partial charge in [-0.1, -0.05) is 29.3 Å². The Kier molecular flexibility index (Phi) is 15.8. The van der Waals surface area contributed by atoms with Crippen molar-refractivity contribution in [3.63, 3.8) is 0 Å². The molecule has 19 heteroatoms. The van der Waals surface area contributed by atoms with E-state index in [1.807, 2.05) is 13.8 Å². The highest BCUT2D eigenvalue weighted by Gasteiger charge is 2.38. The molecule has 72 heavy (non-hydrogen) atoms. The first kappa shape index (κ1) is 50.8. The maximum absolute atomic E-state index is 15.9. The van der Waals surface area contributed by atoms with Crippen LogP contribution in [-0.4, -0.2) is 144 Å². The highest BCUT2D eigenvalue weighted by atomic mass is 35.5. The zero-order chi connectivity index (χ0) is 49.9. The van der Waals surface area contributed by atoms with Crippen LogP contribution in [-0.2, 0) is 32.0 Å². The van der Waals surface area contributed by atoms with Crippen LogP contribution in [0.5, 0.6) is 23.1 Å². The van der Waals surface area contributed by atoms with E-state index in [1.165, 1.54) is 23.2 Å². The predicted molar refractivity (Wildman–Crippen MR) is 273 cm³/mol. The van der Waals surface area contributed by atoms with Crippen LogP contribution in [0.1, 0.15) is 83.9 Å². The summed E-state index contributed by atoms with van der Waals surface area (Å²) in [5.74, 6) is 0.810.